The molecule has 0 unspecified atom stereocenters. The predicted octanol–water partition coefficient (Wildman–Crippen LogP) is 1.37. The van der Waals surface area contributed by atoms with Gasteiger partial charge >= 0.3 is 6.09 Å². The Hall–Kier alpha value is -1.78. The monoisotopic (exact) mass is 238 g/mol. The number of ether oxygens (including phenoxy) is 1. The second kappa shape index (κ2) is 4.61. The Kier molecular flexibility index (Phi) is 3.60. The lowest BCUT2D eigenvalue weighted by molar-refractivity contribution is -0.638. The van der Waals surface area contributed by atoms with Crippen molar-refractivity contribution < 1.29 is 14.2 Å². The van der Waals surface area contributed by atoms with E-state index in [2.05, 4.69) is 0 Å². The third kappa shape index (κ3) is 3.62. The molecule has 1 amide bonds. The molecule has 0 saturated carbocycles. The minimum absolute atomic E-state index is 0.396. The van der Waals surface area contributed by atoms with Crippen molar-refractivity contribution in [1.29, 1.82) is 0 Å². The van der Waals surface area contributed by atoms with Crippen molar-refractivity contribution in [3.63, 3.8) is 0 Å². The molecule has 1 rings (SSSR count). The average Bonchev–Trinajstić information content (AvgIpc) is 2.18. The zero-order valence-electron chi connectivity index (χ0n) is 11.0. The number of nitrogens with two attached hydrogens (primary N) is 1. The normalized spacial score (nSPS) is 11.1. The van der Waals surface area contributed by atoms with Crippen LogP contribution in [0.4, 0.5) is 10.5 Å². The van der Waals surface area contributed by atoms with Gasteiger partial charge in [-0.1, -0.05) is 4.68 Å². The molecule has 0 aliphatic heterocycles. The molecule has 94 valence electrons. The molecule has 1 aromatic rings. The SMILES string of the molecule is Cc1cc[n+](N)cc1N(C)C(=O)OC(C)(C)C. The number of hydrogen-bond donors (Lipinski definition) is 1. The van der Waals surface area contributed by atoms with Gasteiger partial charge in [0, 0.05) is 13.1 Å². The van der Waals surface area contributed by atoms with Crippen LogP contribution in [0.2, 0.25) is 0 Å². The number of anilines is 1. The summed E-state index contributed by atoms with van der Waals surface area (Å²) in [6, 6.07) is 1.84. The number of carbonyl (C=O) groups is 1. The van der Waals surface area contributed by atoms with E-state index < -0.39 is 11.7 Å². The van der Waals surface area contributed by atoms with Crippen LogP contribution in [0.15, 0.2) is 18.5 Å². The van der Waals surface area contributed by atoms with Gasteiger partial charge in [0.1, 0.15) is 11.3 Å². The van der Waals surface area contributed by atoms with E-state index in [1.165, 1.54) is 9.58 Å². The van der Waals surface area contributed by atoms with Crippen molar-refractivity contribution >= 4 is 11.8 Å². The van der Waals surface area contributed by atoms with Crippen LogP contribution in [-0.4, -0.2) is 18.7 Å². The van der Waals surface area contributed by atoms with Crippen molar-refractivity contribution in [2.75, 3.05) is 17.8 Å². The van der Waals surface area contributed by atoms with Gasteiger partial charge in [-0.2, -0.15) is 0 Å². The van der Waals surface area contributed by atoms with Crippen LogP contribution in [0, 0.1) is 6.92 Å². The molecule has 0 spiro atoms. The number of amides is 1. The first-order chi connectivity index (χ1) is 7.70. The molecule has 0 aromatic carbocycles. The molecule has 0 saturated heterocycles. The second-order valence-electron chi connectivity index (χ2n) is 5.00. The highest BCUT2D eigenvalue weighted by molar-refractivity contribution is 5.87. The molecule has 1 aromatic heterocycles. The molecule has 5 heteroatoms. The van der Waals surface area contributed by atoms with Crippen LogP contribution in [0.5, 0.6) is 0 Å². The van der Waals surface area contributed by atoms with E-state index in [-0.39, 0.29) is 0 Å². The standard InChI is InChI=1S/C12H20N3O2/c1-9-6-7-15(13)8-10(9)14(5)11(16)17-12(2,3)4/h6-8H,13H2,1-5H3/q+1. The minimum Gasteiger partial charge on any atom is -0.443 e. The van der Waals surface area contributed by atoms with Gasteiger partial charge in [-0.15, -0.1) is 0 Å². The molecule has 0 aliphatic carbocycles. The van der Waals surface area contributed by atoms with Crippen molar-refractivity contribution in [3.05, 3.63) is 24.0 Å². The molecule has 0 atom stereocenters. The Morgan fingerprint density at radius 3 is 2.59 bits per heavy atom. The van der Waals surface area contributed by atoms with Gasteiger partial charge in [-0.25, -0.2) is 10.6 Å². The number of pyridine rings is 1. The fourth-order valence-corrected chi connectivity index (χ4v) is 1.35. The molecule has 0 aliphatic rings. The minimum atomic E-state index is -0.507. The van der Waals surface area contributed by atoms with E-state index in [1.807, 2.05) is 33.8 Å². The van der Waals surface area contributed by atoms with Crippen LogP contribution >= 0.6 is 0 Å². The smallest absolute Gasteiger partial charge is 0.414 e. The van der Waals surface area contributed by atoms with Gasteiger partial charge in [-0.05, 0) is 33.3 Å². The van der Waals surface area contributed by atoms with Crippen LogP contribution in [0.25, 0.3) is 0 Å². The Labute approximate surface area is 102 Å². The first-order valence-electron chi connectivity index (χ1n) is 5.44. The second-order valence-corrected chi connectivity index (χ2v) is 5.00. The molecule has 17 heavy (non-hydrogen) atoms. The molecule has 0 bridgehead atoms. The third-order valence-corrected chi connectivity index (χ3v) is 2.20. The van der Waals surface area contributed by atoms with Crippen LogP contribution < -0.4 is 15.4 Å². The van der Waals surface area contributed by atoms with Crippen molar-refractivity contribution in [3.8, 4) is 0 Å². The average molecular weight is 238 g/mol. The highest BCUT2D eigenvalue weighted by Crippen LogP contribution is 2.18. The summed E-state index contributed by atoms with van der Waals surface area (Å²) in [6.45, 7) is 7.41. The van der Waals surface area contributed by atoms with E-state index in [4.69, 9.17) is 10.6 Å². The van der Waals surface area contributed by atoms with Gasteiger partial charge in [0.15, 0.2) is 6.20 Å². The van der Waals surface area contributed by atoms with Gasteiger partial charge in [0.25, 0.3) is 0 Å². The third-order valence-electron chi connectivity index (χ3n) is 2.20. The molecule has 0 radical (unpaired) electrons. The largest absolute Gasteiger partial charge is 0.443 e. The number of rotatable bonds is 1. The molecule has 1 heterocycles. The van der Waals surface area contributed by atoms with Gasteiger partial charge in [-0.3, -0.25) is 4.90 Å². The van der Waals surface area contributed by atoms with Crippen LogP contribution in [0.3, 0.4) is 0 Å². The number of nitrogen functional groups attached to an aromatic ring is 1. The summed E-state index contributed by atoms with van der Waals surface area (Å²) in [7, 11) is 1.66. The maximum Gasteiger partial charge on any atom is 0.414 e. The number of aryl methyl sites for hydroxylation is 1. The summed E-state index contributed by atoms with van der Waals surface area (Å²) >= 11 is 0. The number of nitrogens with zero attached hydrogens (tertiary/aromatic N) is 2. The lowest BCUT2D eigenvalue weighted by Crippen LogP contribution is -2.45. The highest BCUT2D eigenvalue weighted by Gasteiger charge is 2.22. The Morgan fingerprint density at radius 2 is 2.06 bits per heavy atom. The summed E-state index contributed by atoms with van der Waals surface area (Å²) in [5.41, 5.74) is 1.18. The number of hydrogen-bond acceptors (Lipinski definition) is 3. The number of carbonyl (C=O) groups excluding carboxylic acids is 1. The molecule has 2 N–H and O–H groups in total. The summed E-state index contributed by atoms with van der Waals surface area (Å²) < 4.78 is 6.69. The fraction of sp³-hybridized carbons (Fsp3) is 0.500. The van der Waals surface area contributed by atoms with E-state index in [9.17, 15) is 4.79 Å². The van der Waals surface area contributed by atoms with E-state index in [0.717, 1.165) is 11.3 Å². The van der Waals surface area contributed by atoms with Crippen molar-refractivity contribution in [2.45, 2.75) is 33.3 Å². The van der Waals surface area contributed by atoms with E-state index >= 15 is 0 Å². The predicted molar refractivity (Wildman–Crippen MR) is 66.2 cm³/mol. The molecular formula is C12H20N3O2+. The van der Waals surface area contributed by atoms with Gasteiger partial charge < -0.3 is 4.74 Å². The van der Waals surface area contributed by atoms with Crippen molar-refractivity contribution in [2.24, 2.45) is 0 Å². The topological polar surface area (TPSA) is 59.4 Å². The van der Waals surface area contributed by atoms with Crippen molar-refractivity contribution in [1.82, 2.24) is 0 Å². The lowest BCUT2D eigenvalue weighted by atomic mass is 10.2. The van der Waals surface area contributed by atoms with Crippen LogP contribution in [0.1, 0.15) is 26.3 Å². The first kappa shape index (κ1) is 13.3. The zero-order chi connectivity index (χ0) is 13.2. The first-order valence-corrected chi connectivity index (χ1v) is 5.44. The summed E-state index contributed by atoms with van der Waals surface area (Å²) in [5.74, 6) is 5.63. The summed E-state index contributed by atoms with van der Waals surface area (Å²) in [4.78, 5) is 13.3. The molecule has 5 nitrogen and oxygen atoms in total. The van der Waals surface area contributed by atoms with Crippen LogP contribution in [-0.2, 0) is 4.74 Å². The van der Waals surface area contributed by atoms with E-state index in [0.29, 0.717) is 0 Å². The molecule has 0 fully saturated rings. The maximum atomic E-state index is 11.9. The Bertz CT molecular complexity index is 424. The Morgan fingerprint density at radius 1 is 1.47 bits per heavy atom. The van der Waals surface area contributed by atoms with E-state index in [1.54, 1.807) is 19.4 Å². The zero-order valence-corrected chi connectivity index (χ0v) is 11.0. The lowest BCUT2D eigenvalue weighted by Gasteiger charge is -2.24. The van der Waals surface area contributed by atoms with Gasteiger partial charge in [0.05, 0.1) is 0 Å². The Balaban J connectivity index is 2.92. The maximum absolute atomic E-state index is 11.9. The fourth-order valence-electron chi connectivity index (χ4n) is 1.35. The molecular weight excluding hydrogens is 218 g/mol. The highest BCUT2D eigenvalue weighted by atomic mass is 16.6. The van der Waals surface area contributed by atoms with Gasteiger partial charge in [0.2, 0.25) is 6.20 Å². The summed E-state index contributed by atoms with van der Waals surface area (Å²) in [6.07, 6.45) is 3.01. The quantitative estimate of drug-likeness (QED) is 0.593. The number of aromatic nitrogens is 1. The summed E-state index contributed by atoms with van der Waals surface area (Å²) in [5, 5.41) is 0.